The van der Waals surface area contributed by atoms with Crippen LogP contribution in [0.2, 0.25) is 0 Å². The molecule has 0 fully saturated rings. The van der Waals surface area contributed by atoms with Gasteiger partial charge in [-0.3, -0.25) is 0 Å². The molecule has 0 amide bonds. The van der Waals surface area contributed by atoms with Gasteiger partial charge in [0, 0.05) is 36.7 Å². The molecule has 3 rings (SSSR count). The van der Waals surface area contributed by atoms with E-state index in [9.17, 15) is 0 Å². The monoisotopic (exact) mass is 214 g/mol. The van der Waals surface area contributed by atoms with Gasteiger partial charge >= 0.3 is 0 Å². The third kappa shape index (κ3) is 1.23. The van der Waals surface area contributed by atoms with E-state index in [-0.39, 0.29) is 0 Å². The quantitative estimate of drug-likeness (QED) is 0.713. The molecule has 16 heavy (non-hydrogen) atoms. The zero-order valence-electron chi connectivity index (χ0n) is 10.2. The molecule has 1 aromatic carbocycles. The lowest BCUT2D eigenvalue weighted by atomic mass is 9.94. The Labute approximate surface area is 96.3 Å². The van der Waals surface area contributed by atoms with E-state index >= 15 is 0 Å². The highest BCUT2D eigenvalue weighted by molar-refractivity contribution is 5.87. The summed E-state index contributed by atoms with van der Waals surface area (Å²) in [6, 6.07) is 6.79. The van der Waals surface area contributed by atoms with Gasteiger partial charge in [-0.2, -0.15) is 0 Å². The number of nitrogens with one attached hydrogen (secondary N) is 1. The Morgan fingerprint density at radius 3 is 3.00 bits per heavy atom. The predicted molar refractivity (Wildman–Crippen MR) is 67.8 cm³/mol. The van der Waals surface area contributed by atoms with Crippen LogP contribution in [0.15, 0.2) is 18.2 Å². The number of nitrogens with zero attached hydrogens (tertiary/aromatic N) is 1. The number of hydrogen-bond acceptors (Lipinski definition) is 1. The van der Waals surface area contributed by atoms with Crippen LogP contribution in [0.4, 0.5) is 0 Å². The minimum Gasteiger partial charge on any atom is -0.346 e. The first-order valence-electron chi connectivity index (χ1n) is 5.97. The Hall–Kier alpha value is -1.28. The van der Waals surface area contributed by atoms with Crippen molar-refractivity contribution in [1.29, 1.82) is 0 Å². The Morgan fingerprint density at radius 1 is 1.38 bits per heavy atom. The molecule has 0 saturated heterocycles. The van der Waals surface area contributed by atoms with Crippen LogP contribution in [0.25, 0.3) is 10.9 Å². The molecule has 2 nitrogen and oxygen atoms in total. The van der Waals surface area contributed by atoms with Crippen molar-refractivity contribution < 1.29 is 0 Å². The highest BCUT2D eigenvalue weighted by atomic mass is 15.0. The van der Waals surface area contributed by atoms with Crippen molar-refractivity contribution in [2.75, 3.05) is 6.54 Å². The van der Waals surface area contributed by atoms with Gasteiger partial charge in [-0.05, 0) is 30.0 Å². The van der Waals surface area contributed by atoms with Crippen LogP contribution in [-0.4, -0.2) is 11.1 Å². The molecule has 0 saturated carbocycles. The number of aromatic nitrogens is 1. The molecule has 1 N–H and O–H groups in total. The molecule has 1 aliphatic heterocycles. The van der Waals surface area contributed by atoms with Crippen LogP contribution in [0.3, 0.4) is 0 Å². The molecule has 1 aromatic heterocycles. The van der Waals surface area contributed by atoms with Crippen molar-refractivity contribution >= 4 is 10.9 Å². The normalized spacial score (nSPS) is 20.1. The molecule has 1 aliphatic rings. The molecule has 0 spiro atoms. The van der Waals surface area contributed by atoms with Crippen LogP contribution in [-0.2, 0) is 13.6 Å². The lowest BCUT2D eigenvalue weighted by molar-refractivity contribution is 0.553. The van der Waals surface area contributed by atoms with Crippen molar-refractivity contribution in [2.24, 2.45) is 7.05 Å². The van der Waals surface area contributed by atoms with Gasteiger partial charge < -0.3 is 9.88 Å². The average molecular weight is 214 g/mol. The van der Waals surface area contributed by atoms with Crippen LogP contribution in [0.5, 0.6) is 0 Å². The van der Waals surface area contributed by atoms with Gasteiger partial charge in [0.15, 0.2) is 0 Å². The Morgan fingerprint density at radius 2 is 2.19 bits per heavy atom. The van der Waals surface area contributed by atoms with E-state index in [1.165, 1.54) is 22.2 Å². The number of benzene rings is 1. The lowest BCUT2D eigenvalue weighted by Crippen LogP contribution is -2.27. The zero-order chi connectivity index (χ0) is 11.3. The van der Waals surface area contributed by atoms with E-state index in [0.717, 1.165) is 13.1 Å². The summed E-state index contributed by atoms with van der Waals surface area (Å²) in [5.41, 5.74) is 5.72. The Bertz CT molecular complexity index is 551. The van der Waals surface area contributed by atoms with Gasteiger partial charge in [0.25, 0.3) is 0 Å². The van der Waals surface area contributed by atoms with Crippen molar-refractivity contribution in [3.05, 3.63) is 35.0 Å². The first-order valence-corrected chi connectivity index (χ1v) is 5.97. The zero-order valence-corrected chi connectivity index (χ0v) is 10.2. The first kappa shape index (κ1) is 9.91. The molecule has 84 valence electrons. The lowest BCUT2D eigenvalue weighted by Gasteiger charge is -2.21. The SMILES string of the molecule is Cc1ccc2c3c(n(C)c2c1)CNCC3C. The maximum Gasteiger partial charge on any atom is 0.0485 e. The Balaban J connectivity index is 2.39. The van der Waals surface area contributed by atoms with Crippen LogP contribution < -0.4 is 5.32 Å². The molecule has 1 unspecified atom stereocenters. The predicted octanol–water partition coefficient (Wildman–Crippen LogP) is 2.69. The smallest absolute Gasteiger partial charge is 0.0485 e. The second-order valence-corrected chi connectivity index (χ2v) is 4.97. The van der Waals surface area contributed by atoms with Crippen molar-refractivity contribution in [3.63, 3.8) is 0 Å². The number of rotatable bonds is 0. The van der Waals surface area contributed by atoms with E-state index in [1.807, 2.05) is 0 Å². The molecule has 0 bridgehead atoms. The average Bonchev–Trinajstić information content (AvgIpc) is 2.55. The van der Waals surface area contributed by atoms with E-state index < -0.39 is 0 Å². The van der Waals surface area contributed by atoms with Gasteiger partial charge in [0.1, 0.15) is 0 Å². The third-order valence-electron chi connectivity index (χ3n) is 3.76. The molecule has 2 aromatic rings. The summed E-state index contributed by atoms with van der Waals surface area (Å²) in [6.45, 7) is 6.57. The molecular formula is C14H18N2. The summed E-state index contributed by atoms with van der Waals surface area (Å²) in [5.74, 6) is 0.621. The summed E-state index contributed by atoms with van der Waals surface area (Å²) >= 11 is 0. The van der Waals surface area contributed by atoms with Gasteiger partial charge in [-0.25, -0.2) is 0 Å². The summed E-state index contributed by atoms with van der Waals surface area (Å²) in [5, 5.41) is 4.93. The number of aryl methyl sites for hydroxylation is 2. The molecule has 0 aliphatic carbocycles. The standard InChI is InChI=1S/C14H18N2/c1-9-4-5-11-12(6-9)16(3)13-8-15-7-10(2)14(11)13/h4-6,10,15H,7-8H2,1-3H3. The molecule has 2 heterocycles. The minimum atomic E-state index is 0.621. The highest BCUT2D eigenvalue weighted by Crippen LogP contribution is 2.33. The second kappa shape index (κ2) is 3.36. The van der Waals surface area contributed by atoms with Gasteiger partial charge in [0.2, 0.25) is 0 Å². The number of hydrogen-bond donors (Lipinski definition) is 1. The summed E-state index contributed by atoms with van der Waals surface area (Å²) < 4.78 is 2.35. The topological polar surface area (TPSA) is 17.0 Å². The van der Waals surface area contributed by atoms with E-state index in [1.54, 1.807) is 5.56 Å². The van der Waals surface area contributed by atoms with Crippen molar-refractivity contribution in [1.82, 2.24) is 9.88 Å². The van der Waals surface area contributed by atoms with Gasteiger partial charge in [-0.15, -0.1) is 0 Å². The molecular weight excluding hydrogens is 196 g/mol. The molecule has 1 atom stereocenters. The third-order valence-corrected chi connectivity index (χ3v) is 3.76. The summed E-state index contributed by atoms with van der Waals surface area (Å²) in [4.78, 5) is 0. The summed E-state index contributed by atoms with van der Waals surface area (Å²) in [6.07, 6.45) is 0. The van der Waals surface area contributed by atoms with Crippen molar-refractivity contribution in [2.45, 2.75) is 26.3 Å². The first-order chi connectivity index (χ1) is 7.68. The fourth-order valence-electron chi connectivity index (χ4n) is 2.90. The Kier molecular flexibility index (Phi) is 2.08. The summed E-state index contributed by atoms with van der Waals surface area (Å²) in [7, 11) is 2.18. The van der Waals surface area contributed by atoms with Gasteiger partial charge in [0.05, 0.1) is 0 Å². The van der Waals surface area contributed by atoms with Gasteiger partial charge in [-0.1, -0.05) is 19.1 Å². The molecule has 2 heteroatoms. The van der Waals surface area contributed by atoms with Crippen LogP contribution in [0, 0.1) is 6.92 Å². The minimum absolute atomic E-state index is 0.621. The molecule has 0 radical (unpaired) electrons. The fourth-order valence-corrected chi connectivity index (χ4v) is 2.90. The maximum atomic E-state index is 3.49. The van der Waals surface area contributed by atoms with Crippen LogP contribution in [0.1, 0.15) is 29.7 Å². The van der Waals surface area contributed by atoms with Crippen molar-refractivity contribution in [3.8, 4) is 0 Å². The van der Waals surface area contributed by atoms with Crippen LogP contribution >= 0.6 is 0 Å². The van der Waals surface area contributed by atoms with E-state index in [2.05, 4.69) is 49.0 Å². The second-order valence-electron chi connectivity index (χ2n) is 4.97. The highest BCUT2D eigenvalue weighted by Gasteiger charge is 2.22. The largest absolute Gasteiger partial charge is 0.346 e. The fraction of sp³-hybridized carbons (Fsp3) is 0.429. The van der Waals surface area contributed by atoms with E-state index in [4.69, 9.17) is 0 Å². The maximum absolute atomic E-state index is 3.49. The number of fused-ring (bicyclic) bond motifs is 3. The van der Waals surface area contributed by atoms with E-state index in [0.29, 0.717) is 5.92 Å².